The molecule has 0 bridgehead atoms. The molecule has 26 heavy (non-hydrogen) atoms. The minimum Gasteiger partial charge on any atom is -0.486 e. The number of hydrogen-bond acceptors (Lipinski definition) is 3. The molecule has 2 atom stereocenters. The Bertz CT molecular complexity index is 749. The molecule has 0 fully saturated rings. The summed E-state index contributed by atoms with van der Waals surface area (Å²) in [7, 11) is 0. The lowest BCUT2D eigenvalue weighted by molar-refractivity contribution is 0.0916. The molecule has 0 aromatic heterocycles. The van der Waals surface area contributed by atoms with Crippen LogP contribution in [0.2, 0.25) is 0 Å². The molecule has 2 amide bonds. The van der Waals surface area contributed by atoms with Gasteiger partial charge in [-0.05, 0) is 35.7 Å². The summed E-state index contributed by atoms with van der Waals surface area (Å²) in [6, 6.07) is 13.1. The van der Waals surface area contributed by atoms with Crippen LogP contribution in [0, 0.1) is 11.7 Å². The number of carbonyl (C=O) groups is 1. The summed E-state index contributed by atoms with van der Waals surface area (Å²) in [5, 5.41) is 5.76. The minimum atomic E-state index is -0.296. The molecule has 6 heteroatoms. The third-order valence-electron chi connectivity index (χ3n) is 4.24. The zero-order valence-electron chi connectivity index (χ0n) is 14.9. The first kappa shape index (κ1) is 18.0. The zero-order chi connectivity index (χ0) is 18.5. The van der Waals surface area contributed by atoms with Crippen molar-refractivity contribution < 1.29 is 18.7 Å². The van der Waals surface area contributed by atoms with Gasteiger partial charge < -0.3 is 20.1 Å². The van der Waals surface area contributed by atoms with Gasteiger partial charge in [-0.1, -0.05) is 38.1 Å². The molecule has 0 unspecified atom stereocenters. The van der Waals surface area contributed by atoms with E-state index in [2.05, 4.69) is 10.6 Å². The average Bonchev–Trinajstić information content (AvgIpc) is 2.65. The van der Waals surface area contributed by atoms with Gasteiger partial charge in [0, 0.05) is 0 Å². The number of carbonyl (C=O) groups excluding carboxylic acids is 1. The first-order valence-corrected chi connectivity index (χ1v) is 8.71. The molecule has 0 aliphatic carbocycles. The van der Waals surface area contributed by atoms with Gasteiger partial charge in [-0.25, -0.2) is 9.18 Å². The monoisotopic (exact) mass is 358 g/mol. The van der Waals surface area contributed by atoms with Crippen LogP contribution in [0.5, 0.6) is 11.5 Å². The van der Waals surface area contributed by atoms with E-state index in [4.69, 9.17) is 9.47 Å². The summed E-state index contributed by atoms with van der Waals surface area (Å²) in [4.78, 5) is 12.3. The summed E-state index contributed by atoms with van der Waals surface area (Å²) in [6.45, 7) is 4.71. The maximum absolute atomic E-state index is 13.1. The molecule has 1 aliphatic heterocycles. The molecule has 5 nitrogen and oxygen atoms in total. The van der Waals surface area contributed by atoms with E-state index in [9.17, 15) is 9.18 Å². The molecular weight excluding hydrogens is 335 g/mol. The summed E-state index contributed by atoms with van der Waals surface area (Å²) >= 11 is 0. The summed E-state index contributed by atoms with van der Waals surface area (Å²) in [5.74, 6) is 1.25. The quantitative estimate of drug-likeness (QED) is 0.857. The molecule has 138 valence electrons. The fourth-order valence-electron chi connectivity index (χ4n) is 2.87. The maximum atomic E-state index is 13.1. The van der Waals surface area contributed by atoms with Crippen LogP contribution < -0.4 is 20.1 Å². The van der Waals surface area contributed by atoms with Crippen LogP contribution in [0.1, 0.15) is 25.5 Å². The highest BCUT2D eigenvalue weighted by molar-refractivity contribution is 5.74. The van der Waals surface area contributed by atoms with Gasteiger partial charge in [0.2, 0.25) is 0 Å². The van der Waals surface area contributed by atoms with E-state index in [0.717, 1.165) is 5.56 Å². The Hall–Kier alpha value is -2.76. The Morgan fingerprint density at radius 1 is 1.15 bits per heavy atom. The average molecular weight is 358 g/mol. The fraction of sp³-hybridized carbons (Fsp3) is 0.350. The van der Waals surface area contributed by atoms with Gasteiger partial charge >= 0.3 is 6.03 Å². The number of hydrogen-bond donors (Lipinski definition) is 2. The smallest absolute Gasteiger partial charge is 0.315 e. The number of fused-ring (bicyclic) bond motifs is 1. The summed E-state index contributed by atoms with van der Waals surface area (Å²) < 4.78 is 24.6. The minimum absolute atomic E-state index is 0.160. The second-order valence-electron chi connectivity index (χ2n) is 6.63. The molecule has 0 saturated carbocycles. The van der Waals surface area contributed by atoms with E-state index in [1.54, 1.807) is 12.1 Å². The van der Waals surface area contributed by atoms with E-state index < -0.39 is 0 Å². The third-order valence-corrected chi connectivity index (χ3v) is 4.24. The Morgan fingerprint density at radius 3 is 2.54 bits per heavy atom. The van der Waals surface area contributed by atoms with E-state index >= 15 is 0 Å². The molecule has 3 rings (SSSR count). The number of amides is 2. The van der Waals surface area contributed by atoms with Crippen LogP contribution in [0.15, 0.2) is 48.5 Å². The predicted molar refractivity (Wildman–Crippen MR) is 96.9 cm³/mol. The molecule has 0 spiro atoms. The van der Waals surface area contributed by atoms with Gasteiger partial charge in [0.25, 0.3) is 0 Å². The van der Waals surface area contributed by atoms with Crippen molar-refractivity contribution in [2.45, 2.75) is 26.0 Å². The van der Waals surface area contributed by atoms with Crippen molar-refractivity contribution in [1.29, 1.82) is 0 Å². The molecule has 0 saturated heterocycles. The lowest BCUT2D eigenvalue weighted by Crippen LogP contribution is -2.46. The first-order chi connectivity index (χ1) is 12.5. The molecule has 0 radical (unpaired) electrons. The normalized spacial score (nSPS) is 16.8. The molecule has 1 heterocycles. The third kappa shape index (κ3) is 4.45. The molecule has 1 aliphatic rings. The van der Waals surface area contributed by atoms with E-state index in [0.29, 0.717) is 24.7 Å². The van der Waals surface area contributed by atoms with Gasteiger partial charge in [-0.2, -0.15) is 0 Å². The number of para-hydroxylation sites is 2. The van der Waals surface area contributed by atoms with Crippen molar-refractivity contribution in [1.82, 2.24) is 10.6 Å². The van der Waals surface area contributed by atoms with E-state index in [1.807, 2.05) is 38.1 Å². The number of rotatable bonds is 5. The number of urea groups is 1. The Balaban J connectivity index is 1.54. The van der Waals surface area contributed by atoms with Crippen LogP contribution in [-0.4, -0.2) is 25.3 Å². The standard InChI is InChI=1S/C20H23FN2O3/c1-13(2)19(14-7-9-15(21)10-8-14)23-20(24)22-11-16-12-25-17-5-3-4-6-18(17)26-16/h3-10,13,16,19H,11-12H2,1-2H3,(H2,22,23,24)/t16-,19-/m1/s1. The van der Waals surface area contributed by atoms with Crippen LogP contribution in [0.4, 0.5) is 9.18 Å². The maximum Gasteiger partial charge on any atom is 0.315 e. The van der Waals surface area contributed by atoms with Gasteiger partial charge in [0.1, 0.15) is 12.4 Å². The van der Waals surface area contributed by atoms with Crippen LogP contribution in [-0.2, 0) is 0 Å². The van der Waals surface area contributed by atoms with Gasteiger partial charge in [0.05, 0.1) is 12.6 Å². The van der Waals surface area contributed by atoms with Gasteiger partial charge in [-0.15, -0.1) is 0 Å². The van der Waals surface area contributed by atoms with E-state index in [-0.39, 0.29) is 29.9 Å². The zero-order valence-corrected chi connectivity index (χ0v) is 14.9. The number of benzene rings is 2. The predicted octanol–water partition coefficient (Wildman–Crippen LogP) is 3.66. The second kappa shape index (κ2) is 8.08. The Kier molecular flexibility index (Phi) is 5.61. The van der Waals surface area contributed by atoms with Crippen molar-refractivity contribution in [2.24, 2.45) is 5.92 Å². The van der Waals surface area contributed by atoms with Crippen molar-refractivity contribution in [2.75, 3.05) is 13.2 Å². The highest BCUT2D eigenvalue weighted by Gasteiger charge is 2.22. The topological polar surface area (TPSA) is 59.6 Å². The van der Waals surface area contributed by atoms with Gasteiger partial charge in [-0.3, -0.25) is 0 Å². The van der Waals surface area contributed by atoms with Crippen molar-refractivity contribution >= 4 is 6.03 Å². The van der Waals surface area contributed by atoms with E-state index in [1.165, 1.54) is 12.1 Å². The highest BCUT2D eigenvalue weighted by atomic mass is 19.1. The number of ether oxygens (including phenoxy) is 2. The largest absolute Gasteiger partial charge is 0.486 e. The van der Waals surface area contributed by atoms with Crippen molar-refractivity contribution in [3.8, 4) is 11.5 Å². The van der Waals surface area contributed by atoms with Crippen molar-refractivity contribution in [3.63, 3.8) is 0 Å². The lowest BCUT2D eigenvalue weighted by Gasteiger charge is -2.27. The molecule has 2 aromatic carbocycles. The molecule has 2 aromatic rings. The molecular formula is C20H23FN2O3. The Morgan fingerprint density at radius 2 is 1.85 bits per heavy atom. The SMILES string of the molecule is CC(C)[C@@H](NC(=O)NC[C@@H]1COc2ccccc2O1)c1ccc(F)cc1. The highest BCUT2D eigenvalue weighted by Crippen LogP contribution is 2.30. The van der Waals surface area contributed by atoms with Crippen LogP contribution >= 0.6 is 0 Å². The number of halogens is 1. The lowest BCUT2D eigenvalue weighted by atomic mass is 9.96. The summed E-state index contributed by atoms with van der Waals surface area (Å²) in [6.07, 6.45) is -0.251. The van der Waals surface area contributed by atoms with Crippen LogP contribution in [0.3, 0.4) is 0 Å². The second-order valence-corrected chi connectivity index (χ2v) is 6.63. The van der Waals surface area contributed by atoms with Crippen LogP contribution in [0.25, 0.3) is 0 Å². The van der Waals surface area contributed by atoms with Crippen molar-refractivity contribution in [3.05, 3.63) is 59.9 Å². The fourth-order valence-corrected chi connectivity index (χ4v) is 2.87. The first-order valence-electron chi connectivity index (χ1n) is 8.71. The molecule has 2 N–H and O–H groups in total. The number of nitrogens with one attached hydrogen (secondary N) is 2. The summed E-state index contributed by atoms with van der Waals surface area (Å²) in [5.41, 5.74) is 0.864. The van der Waals surface area contributed by atoms with Gasteiger partial charge in [0.15, 0.2) is 17.6 Å². The Labute approximate surface area is 152 Å².